The standard InChI is InChI=1S/C25H32N6O2/c1-4-6-22(30-13-11-29(12-14-30)21-8-5-7-18(2)19(21)3)25-26-27-28-31(25)16-20-9-10-23-24(15-20)33-17-32-23/h5,7-10,15,22H,4,6,11-14,16-17H2,1-3H3. The molecule has 174 valence electrons. The van der Waals surface area contributed by atoms with E-state index >= 15 is 0 Å². The topological polar surface area (TPSA) is 68.5 Å². The minimum atomic E-state index is 0.208. The lowest BCUT2D eigenvalue weighted by Crippen LogP contribution is -2.48. The molecule has 2 aromatic carbocycles. The summed E-state index contributed by atoms with van der Waals surface area (Å²) in [7, 11) is 0. The maximum Gasteiger partial charge on any atom is 0.231 e. The van der Waals surface area contributed by atoms with Crippen LogP contribution >= 0.6 is 0 Å². The van der Waals surface area contributed by atoms with Gasteiger partial charge in [-0.2, -0.15) is 0 Å². The zero-order valence-electron chi connectivity index (χ0n) is 19.7. The highest BCUT2D eigenvalue weighted by atomic mass is 16.7. The van der Waals surface area contributed by atoms with Crippen molar-refractivity contribution in [1.82, 2.24) is 25.1 Å². The SMILES string of the molecule is CCCC(c1nnnn1Cc1ccc2c(c1)OCO2)N1CCN(c2cccc(C)c2C)CC1. The second-order valence-electron chi connectivity index (χ2n) is 8.93. The van der Waals surface area contributed by atoms with Crippen molar-refractivity contribution >= 4 is 5.69 Å². The van der Waals surface area contributed by atoms with E-state index in [9.17, 15) is 0 Å². The van der Waals surface area contributed by atoms with E-state index in [4.69, 9.17) is 9.47 Å². The third kappa shape index (κ3) is 4.39. The van der Waals surface area contributed by atoms with Crippen LogP contribution in [-0.2, 0) is 6.54 Å². The van der Waals surface area contributed by atoms with Crippen LogP contribution in [0.4, 0.5) is 5.69 Å². The Kier molecular flexibility index (Phi) is 6.17. The van der Waals surface area contributed by atoms with Crippen molar-refractivity contribution in [3.63, 3.8) is 0 Å². The molecule has 8 nitrogen and oxygen atoms in total. The lowest BCUT2D eigenvalue weighted by Gasteiger charge is -2.40. The normalized spacial score (nSPS) is 16.9. The Morgan fingerprint density at radius 3 is 2.64 bits per heavy atom. The van der Waals surface area contributed by atoms with Crippen molar-refractivity contribution < 1.29 is 9.47 Å². The molecule has 1 saturated heterocycles. The fraction of sp³-hybridized carbons (Fsp3) is 0.480. The lowest BCUT2D eigenvalue weighted by molar-refractivity contribution is 0.164. The van der Waals surface area contributed by atoms with Crippen molar-refractivity contribution in [2.24, 2.45) is 0 Å². The molecule has 1 fully saturated rings. The molecule has 0 saturated carbocycles. The van der Waals surface area contributed by atoms with E-state index in [1.807, 2.05) is 16.8 Å². The molecule has 33 heavy (non-hydrogen) atoms. The number of nitrogens with zero attached hydrogens (tertiary/aromatic N) is 6. The van der Waals surface area contributed by atoms with Crippen LogP contribution in [0.2, 0.25) is 0 Å². The summed E-state index contributed by atoms with van der Waals surface area (Å²) in [4.78, 5) is 5.06. The van der Waals surface area contributed by atoms with Gasteiger partial charge >= 0.3 is 0 Å². The number of rotatable bonds is 7. The van der Waals surface area contributed by atoms with E-state index in [0.717, 1.165) is 61.9 Å². The Morgan fingerprint density at radius 1 is 1.00 bits per heavy atom. The molecule has 0 radical (unpaired) electrons. The van der Waals surface area contributed by atoms with Gasteiger partial charge in [0.1, 0.15) is 0 Å². The number of aromatic nitrogens is 4. The summed E-state index contributed by atoms with van der Waals surface area (Å²) in [5.41, 5.74) is 5.18. The van der Waals surface area contributed by atoms with Gasteiger partial charge in [0, 0.05) is 31.9 Å². The number of benzene rings is 2. The fourth-order valence-corrected chi connectivity index (χ4v) is 4.88. The van der Waals surface area contributed by atoms with Gasteiger partial charge in [-0.1, -0.05) is 31.5 Å². The summed E-state index contributed by atoms with van der Waals surface area (Å²) in [6, 6.07) is 12.8. The Hall–Kier alpha value is -3.13. The first kappa shape index (κ1) is 21.7. The molecule has 1 unspecified atom stereocenters. The van der Waals surface area contributed by atoms with Gasteiger partial charge in [0.25, 0.3) is 0 Å². The zero-order chi connectivity index (χ0) is 22.8. The third-order valence-corrected chi connectivity index (χ3v) is 6.86. The first-order valence-electron chi connectivity index (χ1n) is 11.8. The molecule has 5 rings (SSSR count). The fourth-order valence-electron chi connectivity index (χ4n) is 4.88. The first-order valence-corrected chi connectivity index (χ1v) is 11.8. The van der Waals surface area contributed by atoms with Gasteiger partial charge in [-0.15, -0.1) is 5.10 Å². The monoisotopic (exact) mass is 448 g/mol. The number of ether oxygens (including phenoxy) is 2. The molecule has 2 aliphatic heterocycles. The van der Waals surface area contributed by atoms with Gasteiger partial charge in [-0.05, 0) is 65.6 Å². The van der Waals surface area contributed by atoms with Crippen LogP contribution in [0.25, 0.3) is 0 Å². The largest absolute Gasteiger partial charge is 0.454 e. The molecule has 0 spiro atoms. The summed E-state index contributed by atoms with van der Waals surface area (Å²) in [6.07, 6.45) is 2.11. The quantitative estimate of drug-likeness (QED) is 0.545. The average molecular weight is 449 g/mol. The van der Waals surface area contributed by atoms with Crippen LogP contribution in [0.1, 0.15) is 48.3 Å². The number of fused-ring (bicyclic) bond motifs is 1. The first-order chi connectivity index (χ1) is 16.1. The number of hydrogen-bond donors (Lipinski definition) is 0. The predicted molar refractivity (Wildman–Crippen MR) is 127 cm³/mol. The smallest absolute Gasteiger partial charge is 0.231 e. The second-order valence-corrected chi connectivity index (χ2v) is 8.93. The number of anilines is 1. The molecule has 3 heterocycles. The van der Waals surface area contributed by atoms with Gasteiger partial charge in [-0.3, -0.25) is 4.90 Å². The summed E-state index contributed by atoms with van der Waals surface area (Å²) in [6.45, 7) is 11.5. The molecule has 1 atom stereocenters. The number of aryl methyl sites for hydroxylation is 1. The minimum absolute atomic E-state index is 0.208. The van der Waals surface area contributed by atoms with E-state index in [1.165, 1.54) is 16.8 Å². The van der Waals surface area contributed by atoms with E-state index in [0.29, 0.717) is 6.54 Å². The average Bonchev–Trinajstić information content (AvgIpc) is 3.49. The molecule has 1 aromatic heterocycles. The van der Waals surface area contributed by atoms with Crippen LogP contribution in [0, 0.1) is 13.8 Å². The van der Waals surface area contributed by atoms with Crippen LogP contribution in [0.15, 0.2) is 36.4 Å². The van der Waals surface area contributed by atoms with E-state index in [-0.39, 0.29) is 12.8 Å². The number of tetrazole rings is 1. The zero-order valence-corrected chi connectivity index (χ0v) is 19.7. The molecule has 8 heteroatoms. The van der Waals surface area contributed by atoms with Gasteiger partial charge < -0.3 is 14.4 Å². The highest BCUT2D eigenvalue weighted by molar-refractivity contribution is 5.56. The van der Waals surface area contributed by atoms with E-state index < -0.39 is 0 Å². The summed E-state index contributed by atoms with van der Waals surface area (Å²) < 4.78 is 12.9. The second kappa shape index (κ2) is 9.39. The van der Waals surface area contributed by atoms with Gasteiger partial charge in [0.05, 0.1) is 12.6 Å². The summed E-state index contributed by atoms with van der Waals surface area (Å²) in [5.74, 6) is 2.52. The van der Waals surface area contributed by atoms with Crippen molar-refractivity contribution in [3.8, 4) is 11.5 Å². The molecule has 0 aliphatic carbocycles. The minimum Gasteiger partial charge on any atom is -0.454 e. The highest BCUT2D eigenvalue weighted by Crippen LogP contribution is 2.33. The van der Waals surface area contributed by atoms with Gasteiger partial charge in [-0.25, -0.2) is 4.68 Å². The molecular weight excluding hydrogens is 416 g/mol. The highest BCUT2D eigenvalue weighted by Gasteiger charge is 2.29. The van der Waals surface area contributed by atoms with E-state index in [1.54, 1.807) is 0 Å². The predicted octanol–water partition coefficient (Wildman–Crippen LogP) is 3.73. The number of hydrogen-bond acceptors (Lipinski definition) is 7. The molecular formula is C25H32N6O2. The summed E-state index contributed by atoms with van der Waals surface area (Å²) >= 11 is 0. The molecule has 0 amide bonds. The Morgan fingerprint density at radius 2 is 1.82 bits per heavy atom. The molecule has 0 N–H and O–H groups in total. The third-order valence-electron chi connectivity index (χ3n) is 6.86. The Bertz CT molecular complexity index is 1110. The van der Waals surface area contributed by atoms with Crippen molar-refractivity contribution in [2.75, 3.05) is 37.9 Å². The lowest BCUT2D eigenvalue weighted by atomic mass is 10.1. The summed E-state index contributed by atoms with van der Waals surface area (Å²) in [5, 5.41) is 12.8. The van der Waals surface area contributed by atoms with E-state index in [2.05, 4.69) is 70.4 Å². The molecule has 0 bridgehead atoms. The maximum absolute atomic E-state index is 5.54. The Balaban J connectivity index is 1.31. The van der Waals surface area contributed by atoms with Crippen molar-refractivity contribution in [3.05, 3.63) is 58.9 Å². The van der Waals surface area contributed by atoms with Crippen LogP contribution in [0.5, 0.6) is 11.5 Å². The Labute approximate surface area is 195 Å². The van der Waals surface area contributed by atoms with Gasteiger partial charge in [0.15, 0.2) is 17.3 Å². The van der Waals surface area contributed by atoms with Crippen molar-refractivity contribution in [1.29, 1.82) is 0 Å². The van der Waals surface area contributed by atoms with Crippen molar-refractivity contribution in [2.45, 2.75) is 46.2 Å². The van der Waals surface area contributed by atoms with Crippen LogP contribution in [0.3, 0.4) is 0 Å². The van der Waals surface area contributed by atoms with Gasteiger partial charge in [0.2, 0.25) is 6.79 Å². The molecule has 2 aliphatic rings. The number of piperazine rings is 1. The maximum atomic E-state index is 5.54. The van der Waals surface area contributed by atoms with Crippen LogP contribution < -0.4 is 14.4 Å². The van der Waals surface area contributed by atoms with Crippen LogP contribution in [-0.4, -0.2) is 58.1 Å². The molecule has 3 aromatic rings.